The molecule has 2 heteroatoms. The van der Waals surface area contributed by atoms with Gasteiger partial charge in [0, 0.05) is 6.04 Å². The van der Waals surface area contributed by atoms with E-state index in [-0.39, 0.29) is 6.04 Å². The van der Waals surface area contributed by atoms with Crippen LogP contribution in [0.25, 0.3) is 0 Å². The molecule has 14 heavy (non-hydrogen) atoms. The third-order valence-corrected chi connectivity index (χ3v) is 2.92. The van der Waals surface area contributed by atoms with Crippen LogP contribution in [0.2, 0.25) is 6.82 Å². The molecule has 1 nitrogen and oxygen atoms in total. The van der Waals surface area contributed by atoms with Gasteiger partial charge >= 0.3 is 0 Å². The largest absolute Gasteiger partial charge is 0.324 e. The molecular formula is C12H22BN. The van der Waals surface area contributed by atoms with E-state index in [4.69, 9.17) is 5.73 Å². The Hall–Kier alpha value is -0.495. The normalized spacial score (nSPS) is 20.9. The smallest absolute Gasteiger partial charge is 0.154 e. The first-order chi connectivity index (χ1) is 6.67. The Morgan fingerprint density at radius 1 is 1.57 bits per heavy atom. The molecule has 1 atom stereocenters. The van der Waals surface area contributed by atoms with Gasteiger partial charge in [0.05, 0.1) is 0 Å². The number of rotatable bonds is 5. The highest BCUT2D eigenvalue weighted by atomic mass is 14.6. The van der Waals surface area contributed by atoms with Crippen molar-refractivity contribution in [2.75, 3.05) is 0 Å². The van der Waals surface area contributed by atoms with Gasteiger partial charge in [0.25, 0.3) is 0 Å². The van der Waals surface area contributed by atoms with E-state index in [0.29, 0.717) is 0 Å². The Balaban J connectivity index is 2.60. The Bertz CT molecular complexity index is 239. The summed E-state index contributed by atoms with van der Waals surface area (Å²) < 4.78 is 0. The van der Waals surface area contributed by atoms with E-state index >= 15 is 0 Å². The molecule has 1 aliphatic carbocycles. The fourth-order valence-electron chi connectivity index (χ4n) is 1.56. The van der Waals surface area contributed by atoms with E-state index in [1.54, 1.807) is 0 Å². The van der Waals surface area contributed by atoms with E-state index < -0.39 is 0 Å². The zero-order valence-corrected chi connectivity index (χ0v) is 9.72. The third kappa shape index (κ3) is 3.71. The first-order valence-electron chi connectivity index (χ1n) is 5.81. The first-order valence-corrected chi connectivity index (χ1v) is 5.81. The summed E-state index contributed by atoms with van der Waals surface area (Å²) in [6.07, 6.45) is 8.51. The van der Waals surface area contributed by atoms with Gasteiger partial charge in [-0.05, 0) is 32.1 Å². The van der Waals surface area contributed by atoms with Gasteiger partial charge < -0.3 is 5.73 Å². The lowest BCUT2D eigenvalue weighted by molar-refractivity contribution is 0.739. The van der Waals surface area contributed by atoms with E-state index in [1.807, 2.05) is 0 Å². The summed E-state index contributed by atoms with van der Waals surface area (Å²) in [5, 5.41) is 0. The van der Waals surface area contributed by atoms with Gasteiger partial charge in [0.2, 0.25) is 0 Å². The van der Waals surface area contributed by atoms with Crippen molar-refractivity contribution in [1.29, 1.82) is 0 Å². The quantitative estimate of drug-likeness (QED) is 0.524. The molecule has 0 radical (unpaired) electrons. The molecule has 1 rings (SSSR count). The number of hydrogen-bond donors (Lipinski definition) is 1. The zero-order valence-electron chi connectivity index (χ0n) is 9.72. The molecule has 1 fully saturated rings. The van der Waals surface area contributed by atoms with Gasteiger partial charge in [0.15, 0.2) is 7.28 Å². The van der Waals surface area contributed by atoms with Gasteiger partial charge in [0.1, 0.15) is 0 Å². The average molecular weight is 191 g/mol. The molecule has 0 amide bonds. The molecular weight excluding hydrogens is 169 g/mol. The van der Waals surface area contributed by atoms with E-state index in [2.05, 4.69) is 32.8 Å². The predicted molar refractivity (Wildman–Crippen MR) is 65.8 cm³/mol. The number of allylic oxidation sites excluding steroid dienone is 3. The second kappa shape index (κ2) is 5.40. The van der Waals surface area contributed by atoms with Gasteiger partial charge in [-0.3, -0.25) is 0 Å². The molecule has 2 N–H and O–H groups in total. The van der Waals surface area contributed by atoms with Crippen molar-refractivity contribution in [2.45, 2.75) is 46.0 Å². The predicted octanol–water partition coefficient (Wildman–Crippen LogP) is 2.45. The maximum absolute atomic E-state index is 5.97. The van der Waals surface area contributed by atoms with Gasteiger partial charge in [-0.2, -0.15) is 0 Å². The molecule has 0 unspecified atom stereocenters. The summed E-state index contributed by atoms with van der Waals surface area (Å²) >= 11 is 0. The van der Waals surface area contributed by atoms with Crippen LogP contribution in [0.3, 0.4) is 0 Å². The van der Waals surface area contributed by atoms with Gasteiger partial charge in [-0.15, -0.1) is 0 Å². The van der Waals surface area contributed by atoms with Crippen molar-refractivity contribution < 1.29 is 0 Å². The molecule has 0 aromatic carbocycles. The third-order valence-electron chi connectivity index (χ3n) is 2.92. The van der Waals surface area contributed by atoms with Crippen LogP contribution in [0.15, 0.2) is 23.2 Å². The first kappa shape index (κ1) is 11.6. The Morgan fingerprint density at radius 2 is 2.21 bits per heavy atom. The number of nitrogens with two attached hydrogens (primary N) is 1. The molecule has 0 aromatic heterocycles. The summed E-state index contributed by atoms with van der Waals surface area (Å²) in [7, 11) is 1.13. The van der Waals surface area contributed by atoms with Crippen molar-refractivity contribution in [3.8, 4) is 0 Å². The van der Waals surface area contributed by atoms with Crippen LogP contribution in [0, 0.1) is 5.92 Å². The standard InChI is InChI=1S/C12H22BN/c1-4-12(14)9(2)7-11(13-3)8-10-5-6-10/h7-8,10,12-13H,4-6,14H2,1-3H3/b9-7+,11-8+/t12-/m1/s1. The van der Waals surface area contributed by atoms with Gasteiger partial charge in [-0.25, -0.2) is 0 Å². The van der Waals surface area contributed by atoms with Crippen LogP contribution in [0.5, 0.6) is 0 Å². The Labute approximate surface area is 88.7 Å². The summed E-state index contributed by atoms with van der Waals surface area (Å²) in [5.74, 6) is 0.867. The summed E-state index contributed by atoms with van der Waals surface area (Å²) in [6.45, 7) is 6.50. The average Bonchev–Trinajstić information content (AvgIpc) is 2.99. The molecule has 1 aliphatic rings. The molecule has 1 saturated carbocycles. The Kier molecular flexibility index (Phi) is 4.47. The maximum atomic E-state index is 5.97. The van der Waals surface area contributed by atoms with Crippen LogP contribution in [-0.2, 0) is 0 Å². The van der Waals surface area contributed by atoms with Gasteiger partial charge in [-0.1, -0.05) is 36.9 Å². The minimum Gasteiger partial charge on any atom is -0.324 e. The van der Waals surface area contributed by atoms with E-state index in [9.17, 15) is 0 Å². The topological polar surface area (TPSA) is 26.0 Å². The highest BCUT2D eigenvalue weighted by molar-refractivity contribution is 6.44. The fourth-order valence-corrected chi connectivity index (χ4v) is 1.56. The molecule has 0 aromatic rings. The molecule has 0 aliphatic heterocycles. The minimum atomic E-state index is 0.240. The monoisotopic (exact) mass is 191 g/mol. The van der Waals surface area contributed by atoms with E-state index in [0.717, 1.165) is 19.6 Å². The van der Waals surface area contributed by atoms with Crippen LogP contribution >= 0.6 is 0 Å². The fraction of sp³-hybridized carbons (Fsp3) is 0.667. The highest BCUT2D eigenvalue weighted by Crippen LogP contribution is 2.31. The van der Waals surface area contributed by atoms with Crippen LogP contribution in [0.4, 0.5) is 0 Å². The van der Waals surface area contributed by atoms with Crippen molar-refractivity contribution in [1.82, 2.24) is 0 Å². The minimum absolute atomic E-state index is 0.240. The van der Waals surface area contributed by atoms with Crippen molar-refractivity contribution in [3.63, 3.8) is 0 Å². The molecule has 0 heterocycles. The second-order valence-electron chi connectivity index (χ2n) is 4.34. The van der Waals surface area contributed by atoms with Crippen LogP contribution in [0.1, 0.15) is 33.1 Å². The number of hydrogen-bond acceptors (Lipinski definition) is 1. The lowest BCUT2D eigenvalue weighted by Crippen LogP contribution is -2.20. The zero-order chi connectivity index (χ0) is 10.6. The lowest BCUT2D eigenvalue weighted by atomic mass is 9.71. The summed E-state index contributed by atoms with van der Waals surface area (Å²) in [4.78, 5) is 0. The van der Waals surface area contributed by atoms with Crippen LogP contribution < -0.4 is 5.73 Å². The highest BCUT2D eigenvalue weighted by Gasteiger charge is 2.18. The van der Waals surface area contributed by atoms with Crippen molar-refractivity contribution in [2.24, 2.45) is 11.7 Å². The lowest BCUT2D eigenvalue weighted by Gasteiger charge is -2.09. The van der Waals surface area contributed by atoms with Crippen molar-refractivity contribution >= 4 is 7.28 Å². The maximum Gasteiger partial charge on any atom is 0.154 e. The Morgan fingerprint density at radius 3 is 2.64 bits per heavy atom. The molecule has 0 spiro atoms. The van der Waals surface area contributed by atoms with Crippen molar-refractivity contribution in [3.05, 3.63) is 23.2 Å². The summed E-state index contributed by atoms with van der Waals surface area (Å²) in [6, 6.07) is 0.240. The molecule has 78 valence electrons. The SMILES string of the molecule is CBC(=C/C1CC1)/C=C(\C)[C@H](N)CC. The second-order valence-corrected chi connectivity index (χ2v) is 4.34. The summed E-state index contributed by atoms with van der Waals surface area (Å²) in [5.41, 5.74) is 8.76. The van der Waals surface area contributed by atoms with E-state index in [1.165, 1.54) is 23.9 Å². The van der Waals surface area contributed by atoms with Crippen LogP contribution in [-0.4, -0.2) is 13.3 Å². The molecule has 0 bridgehead atoms. The molecule has 0 saturated heterocycles.